The lowest BCUT2D eigenvalue weighted by Gasteiger charge is -2.16. The van der Waals surface area contributed by atoms with Gasteiger partial charge in [-0.15, -0.1) is 11.3 Å². The van der Waals surface area contributed by atoms with Gasteiger partial charge in [0.15, 0.2) is 0 Å². The molecule has 112 valence electrons. The molecule has 0 radical (unpaired) electrons. The maximum atomic E-state index is 11.5. The Labute approximate surface area is 129 Å². The van der Waals surface area contributed by atoms with E-state index in [1.54, 1.807) is 11.3 Å². The average molecular weight is 303 g/mol. The van der Waals surface area contributed by atoms with Crippen LogP contribution in [0.4, 0.5) is 0 Å². The Balaban J connectivity index is 1.94. The average Bonchev–Trinajstić information content (AvgIpc) is 2.99. The van der Waals surface area contributed by atoms with Crippen molar-refractivity contribution in [1.82, 2.24) is 10.3 Å². The first-order valence-electron chi connectivity index (χ1n) is 6.90. The molecule has 0 fully saturated rings. The Bertz CT molecular complexity index is 566. The highest BCUT2D eigenvalue weighted by Crippen LogP contribution is 2.17. The number of amides is 1. The molecule has 1 unspecified atom stereocenters. The highest BCUT2D eigenvalue weighted by Gasteiger charge is 2.13. The molecule has 4 nitrogen and oxygen atoms in total. The maximum Gasteiger partial charge on any atom is 0.241 e. The number of nitrogens with two attached hydrogens (primary N) is 1. The van der Waals surface area contributed by atoms with Crippen LogP contribution in [0.3, 0.4) is 0 Å². The minimum absolute atomic E-state index is 0.169. The van der Waals surface area contributed by atoms with Gasteiger partial charge in [-0.1, -0.05) is 30.3 Å². The van der Waals surface area contributed by atoms with Crippen molar-refractivity contribution in [1.29, 1.82) is 0 Å². The van der Waals surface area contributed by atoms with Crippen LogP contribution in [0.5, 0.6) is 0 Å². The van der Waals surface area contributed by atoms with Crippen LogP contribution in [0.1, 0.15) is 28.8 Å². The Morgan fingerprint density at radius 2 is 2.00 bits per heavy atom. The van der Waals surface area contributed by atoms with Gasteiger partial charge in [0.05, 0.1) is 5.92 Å². The number of benzene rings is 1. The molecule has 1 aromatic heterocycles. The second kappa shape index (κ2) is 7.36. The molecule has 0 spiro atoms. The smallest absolute Gasteiger partial charge is 0.241 e. The Morgan fingerprint density at radius 3 is 2.57 bits per heavy atom. The number of rotatable bonds is 6. The van der Waals surface area contributed by atoms with Crippen LogP contribution in [0.25, 0.3) is 0 Å². The summed E-state index contributed by atoms with van der Waals surface area (Å²) >= 11 is 1.78. The number of thiophene rings is 1. The molecule has 2 rings (SSSR count). The lowest BCUT2D eigenvalue weighted by molar-refractivity contribution is -0.122. The predicted molar refractivity (Wildman–Crippen MR) is 86.7 cm³/mol. The molecule has 21 heavy (non-hydrogen) atoms. The molecule has 0 saturated carbocycles. The number of carbonyl (C=O) groups is 1. The zero-order valence-corrected chi connectivity index (χ0v) is 13.2. The normalized spacial score (nSPS) is 12.4. The monoisotopic (exact) mass is 303 g/mol. The first-order valence-corrected chi connectivity index (χ1v) is 7.78. The molecule has 0 aliphatic rings. The molecule has 0 bridgehead atoms. The number of nitrogens with zero attached hydrogens (tertiary/aromatic N) is 1. The summed E-state index contributed by atoms with van der Waals surface area (Å²) in [6.07, 6.45) is 0. The van der Waals surface area contributed by atoms with Crippen LogP contribution in [0.15, 0.2) is 41.8 Å². The van der Waals surface area contributed by atoms with Gasteiger partial charge < -0.3 is 0 Å². The van der Waals surface area contributed by atoms with E-state index in [0.29, 0.717) is 0 Å². The molecule has 3 N–H and O–H groups in total. The third kappa shape index (κ3) is 4.39. The molecule has 5 heteroatoms. The van der Waals surface area contributed by atoms with E-state index in [1.165, 1.54) is 10.4 Å². The highest BCUT2D eigenvalue weighted by atomic mass is 32.1. The van der Waals surface area contributed by atoms with Crippen LogP contribution < -0.4 is 11.3 Å². The van der Waals surface area contributed by atoms with Crippen molar-refractivity contribution in [3.05, 3.63) is 57.8 Å². The third-order valence-corrected chi connectivity index (χ3v) is 4.33. The standard InChI is InChI=1S/C16H21N3OS/c1-12(16(20)18-17)14-7-5-13(6-8-14)10-19(2)11-15-4-3-9-21-15/h3-9,12H,10-11,17H2,1-2H3,(H,18,20). The van der Waals surface area contributed by atoms with Crippen molar-refractivity contribution >= 4 is 17.2 Å². The Morgan fingerprint density at radius 1 is 1.29 bits per heavy atom. The van der Waals surface area contributed by atoms with Gasteiger partial charge in [-0.05, 0) is 36.5 Å². The number of hydrogen-bond acceptors (Lipinski definition) is 4. The summed E-state index contributed by atoms with van der Waals surface area (Å²) in [5.41, 5.74) is 4.40. The quantitative estimate of drug-likeness (QED) is 0.490. The predicted octanol–water partition coefficient (Wildman–Crippen LogP) is 2.47. The lowest BCUT2D eigenvalue weighted by Crippen LogP contribution is -2.33. The largest absolute Gasteiger partial charge is 0.297 e. The molecular formula is C16H21N3OS. The highest BCUT2D eigenvalue weighted by molar-refractivity contribution is 7.09. The fourth-order valence-corrected chi connectivity index (χ4v) is 3.01. The molecule has 0 aliphatic heterocycles. The van der Waals surface area contributed by atoms with E-state index < -0.39 is 0 Å². The van der Waals surface area contributed by atoms with E-state index >= 15 is 0 Å². The fraction of sp³-hybridized carbons (Fsp3) is 0.312. The SMILES string of the molecule is CC(C(=O)NN)c1ccc(CN(C)Cc2cccs2)cc1. The number of hydrazine groups is 1. The number of carbonyl (C=O) groups excluding carboxylic acids is 1. The van der Waals surface area contributed by atoms with Crippen molar-refractivity contribution in [3.8, 4) is 0 Å². The fourth-order valence-electron chi connectivity index (χ4n) is 2.22. The minimum atomic E-state index is -0.229. The van der Waals surface area contributed by atoms with Gasteiger partial charge >= 0.3 is 0 Å². The number of nitrogens with one attached hydrogen (secondary N) is 1. The zero-order chi connectivity index (χ0) is 15.2. The van der Waals surface area contributed by atoms with Crippen LogP contribution in [0, 0.1) is 0 Å². The van der Waals surface area contributed by atoms with Crippen molar-refractivity contribution in [2.75, 3.05) is 7.05 Å². The summed E-state index contributed by atoms with van der Waals surface area (Å²) < 4.78 is 0. The van der Waals surface area contributed by atoms with Gasteiger partial charge in [0.2, 0.25) is 5.91 Å². The van der Waals surface area contributed by atoms with Crippen molar-refractivity contribution < 1.29 is 4.79 Å². The Kier molecular flexibility index (Phi) is 5.50. The van der Waals surface area contributed by atoms with Gasteiger partial charge in [-0.2, -0.15) is 0 Å². The zero-order valence-electron chi connectivity index (χ0n) is 12.4. The summed E-state index contributed by atoms with van der Waals surface area (Å²) in [5.74, 6) is 4.77. The van der Waals surface area contributed by atoms with E-state index in [9.17, 15) is 4.79 Å². The van der Waals surface area contributed by atoms with Gasteiger partial charge in [-0.25, -0.2) is 5.84 Å². The third-order valence-electron chi connectivity index (χ3n) is 3.47. The first-order chi connectivity index (χ1) is 10.1. The summed E-state index contributed by atoms with van der Waals surface area (Å²) in [4.78, 5) is 15.1. The van der Waals surface area contributed by atoms with Crippen LogP contribution in [0.2, 0.25) is 0 Å². The summed E-state index contributed by atoms with van der Waals surface area (Å²) in [5, 5.41) is 2.10. The Hall–Kier alpha value is -1.69. The molecule has 1 aromatic carbocycles. The van der Waals surface area contributed by atoms with Crippen LogP contribution in [-0.2, 0) is 17.9 Å². The van der Waals surface area contributed by atoms with Gasteiger partial charge in [0.25, 0.3) is 0 Å². The minimum Gasteiger partial charge on any atom is -0.297 e. The van der Waals surface area contributed by atoms with Crippen molar-refractivity contribution in [2.24, 2.45) is 5.84 Å². The van der Waals surface area contributed by atoms with Crippen molar-refractivity contribution in [3.63, 3.8) is 0 Å². The topological polar surface area (TPSA) is 58.4 Å². The number of hydrogen-bond donors (Lipinski definition) is 2. The van der Waals surface area contributed by atoms with E-state index in [2.05, 4.69) is 47.0 Å². The van der Waals surface area contributed by atoms with Gasteiger partial charge in [0.1, 0.15) is 0 Å². The van der Waals surface area contributed by atoms with Gasteiger partial charge in [0, 0.05) is 18.0 Å². The molecule has 1 heterocycles. The van der Waals surface area contributed by atoms with E-state index in [0.717, 1.165) is 18.7 Å². The van der Waals surface area contributed by atoms with E-state index in [-0.39, 0.29) is 11.8 Å². The molecule has 1 atom stereocenters. The summed E-state index contributed by atoms with van der Waals surface area (Å²) in [6, 6.07) is 12.4. The molecule has 2 aromatic rings. The maximum absolute atomic E-state index is 11.5. The molecule has 1 amide bonds. The molecule has 0 aliphatic carbocycles. The van der Waals surface area contributed by atoms with E-state index in [4.69, 9.17) is 5.84 Å². The van der Waals surface area contributed by atoms with Gasteiger partial charge in [-0.3, -0.25) is 15.1 Å². The summed E-state index contributed by atoms with van der Waals surface area (Å²) in [6.45, 7) is 3.68. The summed E-state index contributed by atoms with van der Waals surface area (Å²) in [7, 11) is 2.11. The van der Waals surface area contributed by atoms with Crippen molar-refractivity contribution in [2.45, 2.75) is 25.9 Å². The molecule has 0 saturated heterocycles. The van der Waals surface area contributed by atoms with Crippen LogP contribution in [-0.4, -0.2) is 17.9 Å². The van der Waals surface area contributed by atoms with Crippen LogP contribution >= 0.6 is 11.3 Å². The second-order valence-corrected chi connectivity index (χ2v) is 6.26. The lowest BCUT2D eigenvalue weighted by atomic mass is 9.99. The molecular weight excluding hydrogens is 282 g/mol. The first kappa shape index (κ1) is 15.7. The van der Waals surface area contributed by atoms with E-state index in [1.807, 2.05) is 19.1 Å². The second-order valence-electron chi connectivity index (χ2n) is 5.22.